The molecule has 0 aliphatic rings. The normalized spacial score (nSPS) is 12.2. The van der Waals surface area contributed by atoms with E-state index in [0.29, 0.717) is 17.1 Å². The second kappa shape index (κ2) is 6.02. The molecule has 20 heavy (non-hydrogen) atoms. The lowest BCUT2D eigenvalue weighted by atomic mass is 9.96. The largest absolute Gasteiger partial charge is 0.444 e. The third kappa shape index (κ3) is 6.26. The van der Waals surface area contributed by atoms with Gasteiger partial charge in [-0.3, -0.25) is 5.32 Å². The van der Waals surface area contributed by atoms with Crippen molar-refractivity contribution in [1.29, 1.82) is 0 Å². The van der Waals surface area contributed by atoms with E-state index in [0.717, 1.165) is 5.56 Å². The predicted molar refractivity (Wildman–Crippen MR) is 83.3 cm³/mol. The lowest BCUT2D eigenvalue weighted by Crippen LogP contribution is -2.34. The molecule has 5 heteroatoms. The van der Waals surface area contributed by atoms with Crippen LogP contribution in [0.3, 0.4) is 0 Å². The smallest absolute Gasteiger partial charge is 0.412 e. The van der Waals surface area contributed by atoms with Crippen LogP contribution in [0.2, 0.25) is 5.02 Å². The van der Waals surface area contributed by atoms with E-state index < -0.39 is 11.7 Å². The van der Waals surface area contributed by atoms with Gasteiger partial charge in [0.05, 0.1) is 0 Å². The molecule has 0 heterocycles. The molecule has 3 N–H and O–H groups in total. The monoisotopic (exact) mass is 298 g/mol. The average molecular weight is 299 g/mol. The third-order valence-electron chi connectivity index (χ3n) is 2.34. The van der Waals surface area contributed by atoms with Gasteiger partial charge in [0.25, 0.3) is 0 Å². The number of rotatable bonds is 3. The van der Waals surface area contributed by atoms with Gasteiger partial charge in [0.1, 0.15) is 5.60 Å². The first-order valence-corrected chi connectivity index (χ1v) is 6.91. The average Bonchev–Trinajstić information content (AvgIpc) is 2.17. The number of carbonyl (C=O) groups is 1. The summed E-state index contributed by atoms with van der Waals surface area (Å²) in [6, 6.07) is 5.35. The Balaban J connectivity index is 2.75. The van der Waals surface area contributed by atoms with Crippen molar-refractivity contribution in [2.24, 2.45) is 5.73 Å². The van der Waals surface area contributed by atoms with Gasteiger partial charge in [0.2, 0.25) is 0 Å². The van der Waals surface area contributed by atoms with E-state index >= 15 is 0 Å². The number of hydrogen-bond acceptors (Lipinski definition) is 3. The molecule has 1 rings (SSSR count). The molecule has 0 aliphatic carbocycles. The van der Waals surface area contributed by atoms with E-state index in [1.165, 1.54) is 0 Å². The first-order valence-electron chi connectivity index (χ1n) is 6.54. The lowest BCUT2D eigenvalue weighted by molar-refractivity contribution is 0.0636. The van der Waals surface area contributed by atoms with Gasteiger partial charge in [-0.15, -0.1) is 0 Å². The van der Waals surface area contributed by atoms with Gasteiger partial charge in [-0.2, -0.15) is 0 Å². The maximum Gasteiger partial charge on any atom is 0.412 e. The predicted octanol–water partition coefficient (Wildman–Crippen LogP) is 3.97. The zero-order valence-corrected chi connectivity index (χ0v) is 13.5. The maximum atomic E-state index is 11.7. The van der Waals surface area contributed by atoms with Crippen molar-refractivity contribution in [3.05, 3.63) is 28.8 Å². The second-order valence-electron chi connectivity index (χ2n) is 6.60. The van der Waals surface area contributed by atoms with Crippen LogP contribution in [0, 0.1) is 0 Å². The minimum absolute atomic E-state index is 0.330. The highest BCUT2D eigenvalue weighted by atomic mass is 35.5. The molecule has 112 valence electrons. The van der Waals surface area contributed by atoms with Crippen LogP contribution in [0.25, 0.3) is 0 Å². The third-order valence-corrected chi connectivity index (χ3v) is 2.70. The van der Waals surface area contributed by atoms with Crippen molar-refractivity contribution in [1.82, 2.24) is 0 Å². The van der Waals surface area contributed by atoms with Crippen LogP contribution in [0.4, 0.5) is 10.5 Å². The van der Waals surface area contributed by atoms with E-state index in [1.54, 1.807) is 12.1 Å². The zero-order valence-electron chi connectivity index (χ0n) is 12.7. The molecule has 1 aromatic rings. The van der Waals surface area contributed by atoms with Gasteiger partial charge < -0.3 is 10.5 Å². The van der Waals surface area contributed by atoms with E-state index in [9.17, 15) is 4.79 Å². The first-order chi connectivity index (χ1) is 8.96. The SMILES string of the molecule is CC(C)(N)Cc1ccc(NC(=O)OC(C)(C)C)cc1Cl. The molecular formula is C15H23ClN2O2. The lowest BCUT2D eigenvalue weighted by Gasteiger charge is -2.21. The molecule has 0 radical (unpaired) electrons. The van der Waals surface area contributed by atoms with Gasteiger partial charge in [0, 0.05) is 16.2 Å². The summed E-state index contributed by atoms with van der Waals surface area (Å²) < 4.78 is 5.18. The molecule has 1 amide bonds. The molecular weight excluding hydrogens is 276 g/mol. The Hall–Kier alpha value is -1.26. The van der Waals surface area contributed by atoms with Crippen LogP contribution in [0.5, 0.6) is 0 Å². The molecule has 0 atom stereocenters. The van der Waals surface area contributed by atoms with Crippen LogP contribution >= 0.6 is 11.6 Å². The number of halogens is 1. The maximum absolute atomic E-state index is 11.7. The van der Waals surface area contributed by atoms with Gasteiger partial charge >= 0.3 is 6.09 Å². The number of nitrogens with two attached hydrogens (primary N) is 1. The minimum atomic E-state index is -0.530. The van der Waals surface area contributed by atoms with Crippen LogP contribution in [-0.4, -0.2) is 17.2 Å². The van der Waals surface area contributed by atoms with Crippen molar-refractivity contribution in [3.63, 3.8) is 0 Å². The molecule has 1 aromatic carbocycles. The molecule has 0 saturated carbocycles. The van der Waals surface area contributed by atoms with Gasteiger partial charge in [-0.1, -0.05) is 17.7 Å². The van der Waals surface area contributed by atoms with E-state index in [2.05, 4.69) is 5.32 Å². The van der Waals surface area contributed by atoms with Crippen LogP contribution in [0.1, 0.15) is 40.2 Å². The summed E-state index contributed by atoms with van der Waals surface area (Å²) in [5.41, 5.74) is 6.67. The fraction of sp³-hybridized carbons (Fsp3) is 0.533. The molecule has 0 saturated heterocycles. The van der Waals surface area contributed by atoms with Gasteiger partial charge in [0.15, 0.2) is 0 Å². The zero-order chi connectivity index (χ0) is 15.6. The highest BCUT2D eigenvalue weighted by Crippen LogP contribution is 2.24. The Morgan fingerprint density at radius 3 is 2.35 bits per heavy atom. The number of amides is 1. The summed E-state index contributed by atoms with van der Waals surface area (Å²) in [7, 11) is 0. The van der Waals surface area contributed by atoms with Crippen LogP contribution < -0.4 is 11.1 Å². The molecule has 0 unspecified atom stereocenters. The van der Waals surface area contributed by atoms with Crippen molar-refractivity contribution >= 4 is 23.4 Å². The van der Waals surface area contributed by atoms with Gasteiger partial charge in [-0.25, -0.2) is 4.79 Å². The Morgan fingerprint density at radius 2 is 1.90 bits per heavy atom. The molecule has 0 spiro atoms. The van der Waals surface area contributed by atoms with E-state index in [1.807, 2.05) is 40.7 Å². The summed E-state index contributed by atoms with van der Waals surface area (Å²) in [6.45, 7) is 9.32. The minimum Gasteiger partial charge on any atom is -0.444 e. The topological polar surface area (TPSA) is 64.3 Å². The summed E-state index contributed by atoms with van der Waals surface area (Å²) >= 11 is 6.20. The Morgan fingerprint density at radius 1 is 1.30 bits per heavy atom. The summed E-state index contributed by atoms with van der Waals surface area (Å²) in [4.78, 5) is 11.7. The number of anilines is 1. The van der Waals surface area contributed by atoms with Crippen molar-refractivity contribution in [2.45, 2.75) is 52.2 Å². The van der Waals surface area contributed by atoms with E-state index in [-0.39, 0.29) is 5.54 Å². The van der Waals surface area contributed by atoms with Crippen molar-refractivity contribution < 1.29 is 9.53 Å². The molecule has 0 fully saturated rings. The van der Waals surface area contributed by atoms with Gasteiger partial charge in [-0.05, 0) is 58.7 Å². The Labute approximate surface area is 125 Å². The molecule has 0 aromatic heterocycles. The van der Waals surface area contributed by atoms with Crippen molar-refractivity contribution in [2.75, 3.05) is 5.32 Å². The van der Waals surface area contributed by atoms with Crippen molar-refractivity contribution in [3.8, 4) is 0 Å². The van der Waals surface area contributed by atoms with Crippen LogP contribution in [-0.2, 0) is 11.2 Å². The number of benzene rings is 1. The molecule has 4 nitrogen and oxygen atoms in total. The Bertz CT molecular complexity index is 488. The summed E-state index contributed by atoms with van der Waals surface area (Å²) in [6.07, 6.45) is 0.166. The quantitative estimate of drug-likeness (QED) is 0.887. The molecule has 0 bridgehead atoms. The highest BCUT2D eigenvalue weighted by molar-refractivity contribution is 6.31. The second-order valence-corrected chi connectivity index (χ2v) is 7.01. The number of nitrogens with one attached hydrogen (secondary N) is 1. The summed E-state index contributed by atoms with van der Waals surface area (Å²) in [5, 5.41) is 3.23. The first kappa shape index (κ1) is 16.8. The fourth-order valence-electron chi connectivity index (χ4n) is 1.68. The number of carbonyl (C=O) groups excluding carboxylic acids is 1. The highest BCUT2D eigenvalue weighted by Gasteiger charge is 2.17. The van der Waals surface area contributed by atoms with Crippen LogP contribution in [0.15, 0.2) is 18.2 Å². The molecule has 0 aliphatic heterocycles. The fourth-order valence-corrected chi connectivity index (χ4v) is 1.93. The van der Waals surface area contributed by atoms with E-state index in [4.69, 9.17) is 22.1 Å². The summed E-state index contributed by atoms with van der Waals surface area (Å²) in [5.74, 6) is 0. The number of ether oxygens (including phenoxy) is 1. The standard InChI is InChI=1S/C15H23ClN2O2/c1-14(2,3)20-13(19)18-11-7-6-10(12(16)8-11)9-15(4,5)17/h6-8H,9,17H2,1-5H3,(H,18,19). The number of hydrogen-bond donors (Lipinski definition) is 2. The Kier molecular flexibility index (Phi) is 5.05.